The summed E-state index contributed by atoms with van der Waals surface area (Å²) in [5.41, 5.74) is 3.66. The summed E-state index contributed by atoms with van der Waals surface area (Å²) in [4.78, 5) is 27.6. The van der Waals surface area contributed by atoms with Crippen LogP contribution in [0.5, 0.6) is 5.75 Å². The highest BCUT2D eigenvalue weighted by atomic mass is 19.4. The van der Waals surface area contributed by atoms with Crippen molar-refractivity contribution < 1.29 is 32.6 Å². The summed E-state index contributed by atoms with van der Waals surface area (Å²) in [7, 11) is 0. The number of ether oxygens (including phenoxy) is 1. The Hall–Kier alpha value is -4.08. The van der Waals surface area contributed by atoms with Crippen LogP contribution in [0.25, 0.3) is 11.3 Å². The summed E-state index contributed by atoms with van der Waals surface area (Å²) < 4.78 is 40.5. The quantitative estimate of drug-likeness (QED) is 0.315. The Kier molecular flexibility index (Phi) is 7.95. The van der Waals surface area contributed by atoms with Crippen molar-refractivity contribution in [3.63, 3.8) is 0 Å². The predicted molar refractivity (Wildman–Crippen MR) is 132 cm³/mol. The minimum absolute atomic E-state index is 0.248. The number of pyridine rings is 1. The van der Waals surface area contributed by atoms with Gasteiger partial charge in [-0.3, -0.25) is 9.78 Å². The number of nitrogens with zero attached hydrogens (tertiary/aromatic N) is 1. The average Bonchev–Trinajstić information content (AvgIpc) is 2.85. The number of halogens is 3. The maximum Gasteiger partial charge on any atom is 0.573 e. The Balaban J connectivity index is 1.29. The van der Waals surface area contributed by atoms with E-state index in [1.54, 1.807) is 12.1 Å². The molecule has 0 aliphatic heterocycles. The molecule has 0 saturated heterocycles. The van der Waals surface area contributed by atoms with Crippen LogP contribution in [0.4, 0.5) is 29.3 Å². The molecule has 194 valence electrons. The molecular weight excluding hydrogens is 487 g/mol. The van der Waals surface area contributed by atoms with Crippen molar-refractivity contribution in [2.24, 2.45) is 5.92 Å². The molecule has 37 heavy (non-hydrogen) atoms. The minimum Gasteiger partial charge on any atom is -0.481 e. The highest BCUT2D eigenvalue weighted by Gasteiger charge is 2.31. The second kappa shape index (κ2) is 11.3. The van der Waals surface area contributed by atoms with Crippen molar-refractivity contribution >= 4 is 23.4 Å². The van der Waals surface area contributed by atoms with Gasteiger partial charge in [-0.05, 0) is 79.5 Å². The van der Waals surface area contributed by atoms with E-state index in [2.05, 4.69) is 32.5 Å². The number of urea groups is 1. The van der Waals surface area contributed by atoms with Gasteiger partial charge < -0.3 is 20.5 Å². The van der Waals surface area contributed by atoms with Gasteiger partial charge in [-0.25, -0.2) is 4.79 Å². The molecule has 0 radical (unpaired) electrons. The molecule has 3 N–H and O–H groups in total. The van der Waals surface area contributed by atoms with Crippen molar-refractivity contribution in [3.05, 3.63) is 72.4 Å². The molecule has 1 aromatic heterocycles. The number of benzene rings is 2. The van der Waals surface area contributed by atoms with Gasteiger partial charge in [-0.2, -0.15) is 0 Å². The molecule has 1 heterocycles. The molecule has 0 spiro atoms. The molecule has 2 aromatic carbocycles. The van der Waals surface area contributed by atoms with Gasteiger partial charge in [0.05, 0.1) is 17.6 Å². The van der Waals surface area contributed by atoms with E-state index in [1.807, 2.05) is 12.1 Å². The number of carbonyl (C=O) groups is 2. The Labute approximate surface area is 211 Å². The highest BCUT2D eigenvalue weighted by Crippen LogP contribution is 2.37. The largest absolute Gasteiger partial charge is 0.573 e. The Bertz CT molecular complexity index is 1210. The van der Waals surface area contributed by atoms with Gasteiger partial charge in [0.2, 0.25) is 0 Å². The third kappa shape index (κ3) is 7.70. The topological polar surface area (TPSA) is 101 Å². The van der Waals surface area contributed by atoms with Gasteiger partial charge in [0.15, 0.2) is 0 Å². The molecule has 7 nitrogen and oxygen atoms in total. The summed E-state index contributed by atoms with van der Waals surface area (Å²) in [6, 6.07) is 15.9. The molecule has 0 unspecified atom stereocenters. The Morgan fingerprint density at radius 2 is 1.51 bits per heavy atom. The van der Waals surface area contributed by atoms with E-state index in [0.717, 1.165) is 49.1 Å². The summed E-state index contributed by atoms with van der Waals surface area (Å²) >= 11 is 0. The lowest BCUT2D eigenvalue weighted by atomic mass is 9.77. The molecule has 1 saturated carbocycles. The first kappa shape index (κ1) is 26.0. The van der Waals surface area contributed by atoms with Gasteiger partial charge in [0, 0.05) is 17.7 Å². The van der Waals surface area contributed by atoms with Crippen LogP contribution >= 0.6 is 0 Å². The number of anilines is 2. The predicted octanol–water partition coefficient (Wildman–Crippen LogP) is 7.04. The monoisotopic (exact) mass is 513 g/mol. The third-order valence-corrected chi connectivity index (χ3v) is 6.36. The maximum absolute atomic E-state index is 12.2. The van der Waals surface area contributed by atoms with E-state index in [4.69, 9.17) is 5.11 Å². The lowest BCUT2D eigenvalue weighted by Crippen LogP contribution is -2.19. The fraction of sp³-hybridized carbons (Fsp3) is 0.296. The fourth-order valence-electron chi connectivity index (χ4n) is 4.54. The number of rotatable bonds is 7. The van der Waals surface area contributed by atoms with Crippen molar-refractivity contribution in [1.82, 2.24) is 4.98 Å². The number of carboxylic acid groups (broad SMARTS) is 1. The van der Waals surface area contributed by atoms with Crippen LogP contribution in [0.1, 0.15) is 43.6 Å². The van der Waals surface area contributed by atoms with Crippen LogP contribution in [-0.4, -0.2) is 28.5 Å². The van der Waals surface area contributed by atoms with Crippen LogP contribution in [-0.2, 0) is 4.79 Å². The zero-order chi connectivity index (χ0) is 26.4. The fourth-order valence-corrected chi connectivity index (χ4v) is 4.54. The van der Waals surface area contributed by atoms with E-state index in [1.165, 1.54) is 23.9 Å². The highest BCUT2D eigenvalue weighted by molar-refractivity contribution is 5.99. The lowest BCUT2D eigenvalue weighted by molar-refractivity contribution is -0.274. The zero-order valence-electron chi connectivity index (χ0n) is 19.8. The standard InChI is InChI=1S/C27H26F3N3O4/c28-27(29,30)37-23-12-9-21(10-13-23)32-26(36)33-22-11-14-24(31-16-22)20-7-5-19(6-8-20)18-3-1-17(2-4-18)15-25(34)35/h5-14,16-18H,1-4,15H2,(H,34,35)(H2,32,33,36)/t17-,18+. The van der Waals surface area contributed by atoms with Gasteiger partial charge >= 0.3 is 18.4 Å². The second-order valence-corrected chi connectivity index (χ2v) is 9.02. The number of carbonyl (C=O) groups excluding carboxylic acids is 1. The molecule has 1 aliphatic rings. The van der Waals surface area contributed by atoms with E-state index in [-0.39, 0.29) is 18.1 Å². The molecule has 4 rings (SSSR count). The van der Waals surface area contributed by atoms with Crippen LogP contribution in [0, 0.1) is 5.92 Å². The van der Waals surface area contributed by atoms with E-state index >= 15 is 0 Å². The summed E-state index contributed by atoms with van der Waals surface area (Å²) in [5, 5.41) is 14.1. The first-order valence-corrected chi connectivity index (χ1v) is 11.9. The van der Waals surface area contributed by atoms with Gasteiger partial charge in [0.25, 0.3) is 0 Å². The van der Waals surface area contributed by atoms with Crippen LogP contribution in [0.15, 0.2) is 66.9 Å². The minimum atomic E-state index is -4.78. The number of aromatic nitrogens is 1. The average molecular weight is 514 g/mol. The maximum atomic E-state index is 12.2. The smallest absolute Gasteiger partial charge is 0.481 e. The number of aliphatic carboxylic acids is 1. The number of nitrogens with one attached hydrogen (secondary N) is 2. The van der Waals surface area contributed by atoms with Gasteiger partial charge in [0.1, 0.15) is 5.75 Å². The summed E-state index contributed by atoms with van der Waals surface area (Å²) in [6.07, 6.45) is 0.829. The molecule has 0 atom stereocenters. The Morgan fingerprint density at radius 1 is 0.892 bits per heavy atom. The summed E-state index contributed by atoms with van der Waals surface area (Å²) in [5.74, 6) is -0.403. The van der Waals surface area contributed by atoms with E-state index < -0.39 is 18.4 Å². The van der Waals surface area contributed by atoms with E-state index in [0.29, 0.717) is 17.3 Å². The zero-order valence-corrected chi connectivity index (χ0v) is 19.8. The molecule has 3 aromatic rings. The van der Waals surface area contributed by atoms with Gasteiger partial charge in [-0.1, -0.05) is 24.3 Å². The third-order valence-electron chi connectivity index (χ3n) is 6.36. The molecule has 1 aliphatic carbocycles. The molecule has 2 amide bonds. The summed E-state index contributed by atoms with van der Waals surface area (Å²) in [6.45, 7) is 0. The number of carboxylic acids is 1. The van der Waals surface area contributed by atoms with Crippen molar-refractivity contribution in [2.45, 2.75) is 44.4 Å². The first-order valence-electron chi connectivity index (χ1n) is 11.9. The van der Waals surface area contributed by atoms with Crippen molar-refractivity contribution in [3.8, 4) is 17.0 Å². The van der Waals surface area contributed by atoms with Crippen LogP contribution < -0.4 is 15.4 Å². The molecule has 10 heteroatoms. The molecular formula is C27H26F3N3O4. The normalized spacial score (nSPS) is 17.6. The van der Waals surface area contributed by atoms with Crippen molar-refractivity contribution in [2.75, 3.05) is 10.6 Å². The van der Waals surface area contributed by atoms with E-state index in [9.17, 15) is 22.8 Å². The number of amides is 2. The van der Waals surface area contributed by atoms with Crippen LogP contribution in [0.3, 0.4) is 0 Å². The number of hydrogen-bond donors (Lipinski definition) is 3. The lowest BCUT2D eigenvalue weighted by Gasteiger charge is -2.28. The SMILES string of the molecule is O=C(O)C[C@H]1CC[C@@H](c2ccc(-c3ccc(NC(=O)Nc4ccc(OC(F)(F)F)cc4)cn3)cc2)CC1. The number of hydrogen-bond acceptors (Lipinski definition) is 4. The first-order chi connectivity index (χ1) is 17.6. The number of alkyl halides is 3. The molecule has 1 fully saturated rings. The van der Waals surface area contributed by atoms with Crippen molar-refractivity contribution in [1.29, 1.82) is 0 Å². The second-order valence-electron chi connectivity index (χ2n) is 9.02. The van der Waals surface area contributed by atoms with Crippen LogP contribution in [0.2, 0.25) is 0 Å². The van der Waals surface area contributed by atoms with Gasteiger partial charge in [-0.15, -0.1) is 13.2 Å². The Morgan fingerprint density at radius 3 is 2.08 bits per heavy atom. The molecule has 0 bridgehead atoms.